The lowest BCUT2D eigenvalue weighted by Crippen LogP contribution is -2.62. The van der Waals surface area contributed by atoms with Crippen LogP contribution < -0.4 is 4.74 Å². The first-order valence-corrected chi connectivity index (χ1v) is 14.3. The van der Waals surface area contributed by atoms with Crippen LogP contribution in [0, 0.1) is 0 Å². The van der Waals surface area contributed by atoms with E-state index >= 15 is 0 Å². The third-order valence-electron chi connectivity index (χ3n) is 7.89. The monoisotopic (exact) mass is 664 g/mol. The number of methoxy groups -OCH3 is 1. The molecule has 0 saturated carbocycles. The van der Waals surface area contributed by atoms with Crippen molar-refractivity contribution >= 4 is 12.0 Å². The number of hydrogen-bond acceptors (Lipinski definition) is 18. The maximum Gasteiger partial charge on any atom is 0.331 e. The zero-order valence-electron chi connectivity index (χ0n) is 24.6. The minimum absolute atomic E-state index is 0.126. The molecule has 4 rings (SSSR count). The molecular formula is C28H40O18. The van der Waals surface area contributed by atoms with Crippen molar-refractivity contribution in [3.63, 3.8) is 0 Å². The first kappa shape index (κ1) is 36.3. The second-order valence-electron chi connectivity index (χ2n) is 10.9. The molecule has 46 heavy (non-hydrogen) atoms. The Morgan fingerprint density at radius 3 is 2.26 bits per heavy atom. The Kier molecular flexibility index (Phi) is 12.3. The Morgan fingerprint density at radius 1 is 0.935 bits per heavy atom. The van der Waals surface area contributed by atoms with Crippen LogP contribution in [0.2, 0.25) is 0 Å². The minimum atomic E-state index is -2.33. The Hall–Kier alpha value is -2.53. The van der Waals surface area contributed by atoms with E-state index in [0.717, 1.165) is 6.08 Å². The highest BCUT2D eigenvalue weighted by atomic mass is 16.8. The van der Waals surface area contributed by atoms with Gasteiger partial charge in [0.1, 0.15) is 55.4 Å². The van der Waals surface area contributed by atoms with Crippen molar-refractivity contribution in [3.05, 3.63) is 29.8 Å². The van der Waals surface area contributed by atoms with Gasteiger partial charge in [-0.15, -0.1) is 0 Å². The average Bonchev–Trinajstić information content (AvgIpc) is 3.31. The standard InChI is InChI=1S/C28H40O18/c1-40-15-6-12(2-4-13(15)33)3-5-19(35)43-26-22(37)17(9-30)45-28(26,11-32)46-20-7-14(34)25(18(10-31)41-20)44-27-24(39)23(38)21(36)16(8-29)42-27/h2-6,14,16-18,20-27,29-34,36-39H,7-11H2,1H3/b5-3+/t14-,16-,17-,18-,20-,21-,22-,23+,24-,25+,26+,27+,28+/m1/s1. The van der Waals surface area contributed by atoms with E-state index in [4.69, 9.17) is 33.2 Å². The Balaban J connectivity index is 1.47. The van der Waals surface area contributed by atoms with E-state index in [9.17, 15) is 55.9 Å². The van der Waals surface area contributed by atoms with Crippen LogP contribution in [0.4, 0.5) is 0 Å². The van der Waals surface area contributed by atoms with Crippen molar-refractivity contribution in [3.8, 4) is 11.5 Å². The SMILES string of the molecule is COc1cc(/C=C/C(=O)O[C@H]2[C@H](O)[C@@H](CO)O[C@@]2(CO)O[C@@H]2C[C@@H](O)[C@H](O[C@@H]3O[C@H](CO)[C@@H](O)[C@H](O)[C@H]3O)[C@@H](CO)O2)ccc1O. The lowest BCUT2D eigenvalue weighted by atomic mass is 9.98. The van der Waals surface area contributed by atoms with Gasteiger partial charge >= 0.3 is 5.97 Å². The molecule has 0 unspecified atom stereocenters. The molecule has 1 aromatic rings. The molecule has 13 atom stereocenters. The molecule has 10 N–H and O–H groups in total. The van der Waals surface area contributed by atoms with Gasteiger partial charge in [-0.1, -0.05) is 6.07 Å². The summed E-state index contributed by atoms with van der Waals surface area (Å²) in [5.41, 5.74) is 0.438. The van der Waals surface area contributed by atoms with E-state index in [-0.39, 0.29) is 11.5 Å². The molecule has 3 saturated heterocycles. The van der Waals surface area contributed by atoms with Crippen LogP contribution in [0.5, 0.6) is 11.5 Å². The number of carbonyl (C=O) groups excluding carboxylic acids is 1. The first-order chi connectivity index (χ1) is 21.9. The van der Waals surface area contributed by atoms with Crippen molar-refractivity contribution < 1.29 is 89.0 Å². The van der Waals surface area contributed by atoms with Gasteiger partial charge in [-0.3, -0.25) is 0 Å². The molecule has 3 aliphatic rings. The normalized spacial score (nSPS) is 39.9. The van der Waals surface area contributed by atoms with Crippen molar-refractivity contribution in [2.75, 3.05) is 33.5 Å². The van der Waals surface area contributed by atoms with E-state index in [1.807, 2.05) is 0 Å². The maximum atomic E-state index is 12.8. The van der Waals surface area contributed by atoms with Crippen LogP contribution in [-0.2, 0) is 33.2 Å². The van der Waals surface area contributed by atoms with Gasteiger partial charge in [0.25, 0.3) is 0 Å². The zero-order chi connectivity index (χ0) is 33.8. The summed E-state index contributed by atoms with van der Waals surface area (Å²) >= 11 is 0. The Labute approximate surface area is 262 Å². The summed E-state index contributed by atoms with van der Waals surface area (Å²) in [6.07, 6.45) is -17.0. The Morgan fingerprint density at radius 2 is 1.63 bits per heavy atom. The summed E-state index contributed by atoms with van der Waals surface area (Å²) in [5, 5.41) is 101. The summed E-state index contributed by atoms with van der Waals surface area (Å²) in [4.78, 5) is 12.8. The van der Waals surface area contributed by atoms with Gasteiger partial charge in [-0.2, -0.15) is 0 Å². The van der Waals surface area contributed by atoms with Crippen LogP contribution in [0.3, 0.4) is 0 Å². The molecule has 3 aliphatic heterocycles. The van der Waals surface area contributed by atoms with Gasteiger partial charge in [-0.05, 0) is 23.8 Å². The molecular weight excluding hydrogens is 624 g/mol. The van der Waals surface area contributed by atoms with E-state index in [0.29, 0.717) is 5.56 Å². The molecule has 1 aromatic carbocycles. The van der Waals surface area contributed by atoms with Crippen molar-refractivity contribution in [1.82, 2.24) is 0 Å². The molecule has 18 heteroatoms. The van der Waals surface area contributed by atoms with Crippen LogP contribution >= 0.6 is 0 Å². The summed E-state index contributed by atoms with van der Waals surface area (Å²) in [5.74, 6) is -3.33. The van der Waals surface area contributed by atoms with Crippen molar-refractivity contribution in [2.24, 2.45) is 0 Å². The molecule has 260 valence electrons. The number of aliphatic hydroxyl groups is 9. The smallest absolute Gasteiger partial charge is 0.331 e. The number of benzene rings is 1. The molecule has 0 amide bonds. The number of hydrogen-bond donors (Lipinski definition) is 10. The van der Waals surface area contributed by atoms with Crippen LogP contribution in [0.25, 0.3) is 6.08 Å². The Bertz CT molecular complexity index is 1180. The highest BCUT2D eigenvalue weighted by Gasteiger charge is 2.60. The summed E-state index contributed by atoms with van der Waals surface area (Å²) in [7, 11) is 1.34. The number of phenols is 1. The topological polar surface area (TPSA) is 284 Å². The number of aromatic hydroxyl groups is 1. The van der Waals surface area contributed by atoms with E-state index in [1.54, 1.807) is 0 Å². The molecule has 0 aromatic heterocycles. The van der Waals surface area contributed by atoms with Gasteiger partial charge in [0.2, 0.25) is 5.79 Å². The number of aliphatic hydroxyl groups excluding tert-OH is 9. The largest absolute Gasteiger partial charge is 0.504 e. The van der Waals surface area contributed by atoms with E-state index in [2.05, 4.69) is 0 Å². The predicted octanol–water partition coefficient (Wildman–Crippen LogP) is -4.56. The summed E-state index contributed by atoms with van der Waals surface area (Å²) < 4.78 is 38.4. The van der Waals surface area contributed by atoms with Crippen molar-refractivity contribution in [2.45, 2.75) is 85.8 Å². The van der Waals surface area contributed by atoms with Gasteiger partial charge < -0.3 is 84.2 Å². The number of phenolic OH excluding ortho intramolecular Hbond substituents is 1. The minimum Gasteiger partial charge on any atom is -0.504 e. The second kappa shape index (κ2) is 15.6. The van der Waals surface area contributed by atoms with Crippen LogP contribution in [-0.4, -0.2) is 170 Å². The average molecular weight is 665 g/mol. The number of ether oxygens (including phenoxy) is 7. The van der Waals surface area contributed by atoms with Crippen molar-refractivity contribution in [1.29, 1.82) is 0 Å². The lowest BCUT2D eigenvalue weighted by Gasteiger charge is -2.45. The van der Waals surface area contributed by atoms with Gasteiger partial charge in [0, 0.05) is 12.5 Å². The van der Waals surface area contributed by atoms with E-state index < -0.39 is 118 Å². The van der Waals surface area contributed by atoms with Crippen LogP contribution in [0.1, 0.15) is 12.0 Å². The van der Waals surface area contributed by atoms with Crippen LogP contribution in [0.15, 0.2) is 24.3 Å². The fourth-order valence-electron chi connectivity index (χ4n) is 5.40. The highest BCUT2D eigenvalue weighted by Crippen LogP contribution is 2.38. The number of rotatable bonds is 12. The summed E-state index contributed by atoms with van der Waals surface area (Å²) in [6.45, 7) is -3.34. The fraction of sp³-hybridized carbons (Fsp3) is 0.679. The molecule has 3 heterocycles. The third-order valence-corrected chi connectivity index (χ3v) is 7.89. The van der Waals surface area contributed by atoms with E-state index in [1.165, 1.54) is 31.4 Å². The zero-order valence-corrected chi connectivity index (χ0v) is 24.6. The van der Waals surface area contributed by atoms with Gasteiger partial charge in [0.15, 0.2) is 30.2 Å². The molecule has 0 bridgehead atoms. The summed E-state index contributed by atoms with van der Waals surface area (Å²) in [6, 6.07) is 4.26. The molecule has 0 radical (unpaired) electrons. The fourth-order valence-corrected chi connectivity index (χ4v) is 5.40. The molecule has 18 nitrogen and oxygen atoms in total. The quantitative estimate of drug-likeness (QED) is 0.0743. The second-order valence-corrected chi connectivity index (χ2v) is 10.9. The number of esters is 1. The molecule has 0 spiro atoms. The molecule has 3 fully saturated rings. The maximum absolute atomic E-state index is 12.8. The predicted molar refractivity (Wildman–Crippen MR) is 147 cm³/mol. The highest BCUT2D eigenvalue weighted by molar-refractivity contribution is 5.87. The van der Waals surface area contributed by atoms with Gasteiger partial charge in [-0.25, -0.2) is 4.79 Å². The van der Waals surface area contributed by atoms with Gasteiger partial charge in [0.05, 0.1) is 33.0 Å². The first-order valence-electron chi connectivity index (χ1n) is 14.3. The lowest BCUT2D eigenvalue weighted by molar-refractivity contribution is -0.379. The molecule has 0 aliphatic carbocycles. The number of carbonyl (C=O) groups is 1. The third kappa shape index (κ3) is 7.61.